The highest BCUT2D eigenvalue weighted by molar-refractivity contribution is 6.01. The van der Waals surface area contributed by atoms with Crippen molar-refractivity contribution in [1.82, 2.24) is 5.06 Å². The van der Waals surface area contributed by atoms with Crippen molar-refractivity contribution < 1.29 is 28.4 Å². The lowest BCUT2D eigenvalue weighted by atomic mass is 9.89. The molecule has 1 heterocycles. The minimum Gasteiger partial charge on any atom is -0.330 e. The lowest BCUT2D eigenvalue weighted by Gasteiger charge is -2.19. The molecule has 0 aromatic heterocycles. The number of unbranched alkanes of at least 4 members (excludes halogenated alkanes) is 3. The van der Waals surface area contributed by atoms with Gasteiger partial charge in [0, 0.05) is 38.5 Å². The van der Waals surface area contributed by atoms with Crippen molar-refractivity contribution >= 4 is 23.6 Å². The van der Waals surface area contributed by atoms with Crippen LogP contribution in [0.5, 0.6) is 0 Å². The van der Waals surface area contributed by atoms with E-state index in [0.29, 0.717) is 43.6 Å². The Morgan fingerprint density at radius 2 is 1.67 bits per heavy atom. The van der Waals surface area contributed by atoms with E-state index in [9.17, 15) is 23.6 Å². The van der Waals surface area contributed by atoms with Gasteiger partial charge >= 0.3 is 5.97 Å². The zero-order chi connectivity index (χ0) is 19.7. The minimum absolute atomic E-state index is 0.0700. The van der Waals surface area contributed by atoms with E-state index in [1.165, 1.54) is 0 Å². The van der Waals surface area contributed by atoms with Gasteiger partial charge in [0.15, 0.2) is 5.78 Å². The Balaban J connectivity index is 1.60. The van der Waals surface area contributed by atoms with E-state index in [2.05, 4.69) is 11.8 Å². The lowest BCUT2D eigenvalue weighted by molar-refractivity contribution is -0.197. The van der Waals surface area contributed by atoms with Gasteiger partial charge in [-0.15, -0.1) is 5.06 Å². The van der Waals surface area contributed by atoms with Crippen LogP contribution in [0.25, 0.3) is 0 Å². The number of alkyl halides is 1. The van der Waals surface area contributed by atoms with Gasteiger partial charge in [-0.3, -0.25) is 14.4 Å². The molecule has 1 fully saturated rings. The summed E-state index contributed by atoms with van der Waals surface area (Å²) < 4.78 is 14.7. The Labute approximate surface area is 158 Å². The van der Waals surface area contributed by atoms with E-state index in [0.717, 1.165) is 12.8 Å². The van der Waals surface area contributed by atoms with Gasteiger partial charge in [-0.25, -0.2) is 9.18 Å². The fraction of sp³-hybridized carbons (Fsp3) is 0.700. The standard InChI is InChI=1S/C20H26FNO5/c21-20(14-8-4-1-5-9-15-20)16(23)10-6-2-3-7-11-19(26)27-22-17(24)12-13-18(22)25/h1-8,10-14H2. The van der Waals surface area contributed by atoms with Crippen LogP contribution in [-0.2, 0) is 24.0 Å². The fourth-order valence-electron chi connectivity index (χ4n) is 3.14. The van der Waals surface area contributed by atoms with Gasteiger partial charge in [0.05, 0.1) is 0 Å². The van der Waals surface area contributed by atoms with Crippen LogP contribution in [0.2, 0.25) is 0 Å². The number of carbonyl (C=O) groups excluding carboxylic acids is 4. The molecule has 1 atom stereocenters. The predicted octanol–water partition coefficient (Wildman–Crippen LogP) is 3.18. The van der Waals surface area contributed by atoms with Crippen LogP contribution in [0.1, 0.15) is 83.5 Å². The molecule has 0 N–H and O–H groups in total. The number of hydrogen-bond donors (Lipinski definition) is 0. The second-order valence-corrected chi connectivity index (χ2v) is 7.05. The average molecular weight is 379 g/mol. The molecular weight excluding hydrogens is 353 g/mol. The Kier molecular flexibility index (Phi) is 7.96. The maximum absolute atomic E-state index is 14.7. The Morgan fingerprint density at radius 3 is 2.37 bits per heavy atom. The molecule has 0 radical (unpaired) electrons. The summed E-state index contributed by atoms with van der Waals surface area (Å²) in [5, 5.41) is 0.539. The SMILES string of the molecule is O=C(CCCCCCC(=O)C1(F)C#CCCCCC1)ON1C(=O)CCC1=O. The summed E-state index contributed by atoms with van der Waals surface area (Å²) >= 11 is 0. The quantitative estimate of drug-likeness (QED) is 0.349. The fourth-order valence-corrected chi connectivity index (χ4v) is 3.14. The maximum Gasteiger partial charge on any atom is 0.333 e. The molecule has 7 heteroatoms. The Bertz CT molecular complexity index is 634. The maximum atomic E-state index is 14.7. The van der Waals surface area contributed by atoms with Gasteiger partial charge in [-0.2, -0.15) is 0 Å². The number of nitrogens with zero attached hydrogens (tertiary/aromatic N) is 1. The van der Waals surface area contributed by atoms with Crippen molar-refractivity contribution in [2.45, 2.75) is 89.1 Å². The Hall–Kier alpha value is -2.23. The molecule has 0 aromatic rings. The summed E-state index contributed by atoms with van der Waals surface area (Å²) in [6.07, 6.45) is 6.16. The molecule has 0 aromatic carbocycles. The molecule has 2 rings (SSSR count). The Morgan fingerprint density at radius 1 is 1.00 bits per heavy atom. The van der Waals surface area contributed by atoms with Crippen molar-refractivity contribution in [2.24, 2.45) is 0 Å². The number of amides is 2. The third kappa shape index (κ3) is 6.46. The molecule has 1 aliphatic heterocycles. The topological polar surface area (TPSA) is 80.8 Å². The molecule has 0 saturated carbocycles. The molecule has 148 valence electrons. The van der Waals surface area contributed by atoms with Crippen LogP contribution in [0, 0.1) is 11.8 Å². The van der Waals surface area contributed by atoms with Crippen LogP contribution in [-0.4, -0.2) is 34.3 Å². The van der Waals surface area contributed by atoms with Crippen LogP contribution in [0.3, 0.4) is 0 Å². The van der Waals surface area contributed by atoms with Crippen molar-refractivity contribution in [3.05, 3.63) is 0 Å². The van der Waals surface area contributed by atoms with Gasteiger partial charge in [0.1, 0.15) is 0 Å². The largest absolute Gasteiger partial charge is 0.333 e. The van der Waals surface area contributed by atoms with Gasteiger partial charge in [0.2, 0.25) is 5.67 Å². The first-order valence-electron chi connectivity index (χ1n) is 9.71. The normalized spacial score (nSPS) is 22.6. The summed E-state index contributed by atoms with van der Waals surface area (Å²) in [4.78, 5) is 51.3. The van der Waals surface area contributed by atoms with Crippen molar-refractivity contribution in [3.8, 4) is 11.8 Å². The summed E-state index contributed by atoms with van der Waals surface area (Å²) in [6, 6.07) is 0. The number of halogens is 1. The second-order valence-electron chi connectivity index (χ2n) is 7.05. The van der Waals surface area contributed by atoms with Gasteiger partial charge in [-0.05, 0) is 25.7 Å². The number of carbonyl (C=O) groups is 4. The third-order valence-electron chi connectivity index (χ3n) is 4.79. The smallest absolute Gasteiger partial charge is 0.330 e. The molecule has 1 saturated heterocycles. The lowest BCUT2D eigenvalue weighted by Crippen LogP contribution is -2.32. The number of hydrogen-bond acceptors (Lipinski definition) is 5. The van der Waals surface area contributed by atoms with Crippen LogP contribution in [0.15, 0.2) is 0 Å². The summed E-state index contributed by atoms with van der Waals surface area (Å²) in [7, 11) is 0. The highest BCUT2D eigenvalue weighted by Crippen LogP contribution is 2.25. The van der Waals surface area contributed by atoms with E-state index in [-0.39, 0.29) is 32.1 Å². The van der Waals surface area contributed by atoms with Crippen molar-refractivity contribution in [2.75, 3.05) is 0 Å². The van der Waals surface area contributed by atoms with E-state index < -0.39 is 29.2 Å². The molecule has 2 amide bonds. The zero-order valence-corrected chi connectivity index (χ0v) is 15.6. The highest BCUT2D eigenvalue weighted by atomic mass is 19.1. The van der Waals surface area contributed by atoms with Gasteiger partial charge in [-0.1, -0.05) is 31.1 Å². The van der Waals surface area contributed by atoms with E-state index in [4.69, 9.17) is 4.84 Å². The first-order valence-corrected chi connectivity index (χ1v) is 9.71. The summed E-state index contributed by atoms with van der Waals surface area (Å²) in [5.74, 6) is 3.23. The number of Topliss-reactive ketones (excluding diaryl/α,β-unsaturated/α-hetero) is 1. The van der Waals surface area contributed by atoms with E-state index in [1.807, 2.05) is 0 Å². The highest BCUT2D eigenvalue weighted by Gasteiger charge is 2.35. The summed E-state index contributed by atoms with van der Waals surface area (Å²) in [6.45, 7) is 0. The van der Waals surface area contributed by atoms with Crippen molar-refractivity contribution in [1.29, 1.82) is 0 Å². The van der Waals surface area contributed by atoms with Crippen molar-refractivity contribution in [3.63, 3.8) is 0 Å². The molecule has 0 spiro atoms. The minimum atomic E-state index is -2.00. The van der Waals surface area contributed by atoms with E-state index in [1.54, 1.807) is 0 Å². The first kappa shape index (κ1) is 21.1. The number of ketones is 1. The number of hydroxylamine groups is 2. The first-order chi connectivity index (χ1) is 12.9. The number of rotatable bonds is 9. The third-order valence-corrected chi connectivity index (χ3v) is 4.79. The van der Waals surface area contributed by atoms with Crippen LogP contribution in [0.4, 0.5) is 4.39 Å². The molecule has 1 aliphatic carbocycles. The molecule has 2 aliphatic rings. The van der Waals surface area contributed by atoms with Gasteiger partial charge in [0.25, 0.3) is 11.8 Å². The molecule has 1 unspecified atom stereocenters. The molecule has 27 heavy (non-hydrogen) atoms. The van der Waals surface area contributed by atoms with E-state index >= 15 is 0 Å². The monoisotopic (exact) mass is 379 g/mol. The van der Waals surface area contributed by atoms with Crippen LogP contribution >= 0.6 is 0 Å². The number of imide groups is 1. The average Bonchev–Trinajstić information content (AvgIpc) is 2.93. The van der Waals surface area contributed by atoms with Crippen LogP contribution < -0.4 is 0 Å². The zero-order valence-electron chi connectivity index (χ0n) is 15.6. The molecule has 6 nitrogen and oxygen atoms in total. The summed E-state index contributed by atoms with van der Waals surface area (Å²) in [5.41, 5.74) is -2.00. The second kappa shape index (κ2) is 10.2. The molecular formula is C20H26FNO5. The predicted molar refractivity (Wildman–Crippen MR) is 94.6 cm³/mol. The van der Waals surface area contributed by atoms with Gasteiger partial charge < -0.3 is 4.84 Å². The molecule has 0 bridgehead atoms.